The number of benzene rings is 8. The highest BCUT2D eigenvalue weighted by Gasteiger charge is 2.35. The molecule has 14 aromatic rings. The lowest BCUT2D eigenvalue weighted by atomic mass is 10.1. The third-order valence-corrected chi connectivity index (χ3v) is 24.3. The van der Waals surface area contributed by atoms with Crippen LogP contribution in [0.5, 0.6) is 0 Å². The largest absolute Gasteiger partial charge is 0.451 e. The number of aromatic nitrogens is 10. The second-order valence-corrected chi connectivity index (χ2v) is 33.4. The molecule has 115 heavy (non-hydrogen) atoms. The van der Waals surface area contributed by atoms with Crippen LogP contribution in [0.25, 0.3) is 55.4 Å². The number of nitrogens with one attached hydrogen (secondary N) is 2. The van der Waals surface area contributed by atoms with E-state index in [1.807, 2.05) is 49.8 Å². The lowest BCUT2D eigenvalue weighted by Gasteiger charge is -2.29. The molecule has 0 aliphatic carbocycles. The summed E-state index contributed by atoms with van der Waals surface area (Å²) >= 11 is 0. The minimum absolute atomic E-state index is 0.0305. The maximum absolute atomic E-state index is 15.0. The van der Waals surface area contributed by atoms with E-state index in [9.17, 15) is 61.6 Å². The van der Waals surface area contributed by atoms with Gasteiger partial charge in [-0.1, -0.05) is 84.9 Å². The fourth-order valence-electron chi connectivity index (χ4n) is 12.8. The van der Waals surface area contributed by atoms with Gasteiger partial charge in [0.1, 0.15) is 52.7 Å². The van der Waals surface area contributed by atoms with Crippen molar-refractivity contribution in [3.05, 3.63) is 289 Å². The van der Waals surface area contributed by atoms with Crippen molar-refractivity contribution in [1.82, 2.24) is 54.0 Å². The summed E-state index contributed by atoms with van der Waals surface area (Å²) in [5.74, 6) is -6.42. The molecule has 0 fully saturated rings. The summed E-state index contributed by atoms with van der Waals surface area (Å²) in [6.45, 7) is -0.0883. The maximum atomic E-state index is 15.0. The molecule has 0 saturated carbocycles. The highest BCUT2D eigenvalue weighted by atomic mass is 32.2. The van der Waals surface area contributed by atoms with Crippen molar-refractivity contribution in [1.29, 1.82) is 0 Å². The van der Waals surface area contributed by atoms with E-state index in [0.717, 1.165) is 58.4 Å². The molecular weight excluding hydrogens is 1570 g/mol. The summed E-state index contributed by atoms with van der Waals surface area (Å²) in [4.78, 5) is 44.3. The maximum Gasteiger partial charge on any atom is 0.273 e. The standard InChI is InChI=1S/C25H20F3N5O4S.C19H16FN3O3S.C19H16FN3O2S.C18H18FN3OS/c1-32-10-17(9-31-32)15-2-3-16(19(27)6-15)11-33-12-23(24-20(28)7-18(26)8-22(24)33)38(35,36)5-4-29-25(34)21-13-37-14-30-21;1-22-10-15(9-21-22)13-6-7-14(16(20)8-13)11-23-17-4-2-3-5-18(17)27(25,26)12-19(23)24;1-22-10-15(9-21-22)13-6-7-14(16(20)8-13)11-23-17-4-2-3-5-18(17)26(25)12-19(23)24;1-22-12-15(11-21-22)13-7-8-14(16(19)9-13)10-20-17-5-3-4-6-18(17)24(2)23/h2-3,6-10,12-14H,4-5,11H2,1H3,(H,29,34);2-10H,11-12H2,1H3;2-10H,11-12H2,1H3;3-9,11-12,20H,10H2,1-2H3. The van der Waals surface area contributed by atoms with E-state index in [2.05, 4.69) is 36.0 Å². The Morgan fingerprint density at radius 2 is 1.04 bits per heavy atom. The molecule has 24 nitrogen and oxygen atoms in total. The molecule has 16 rings (SSSR count). The fraction of sp³-hybridized carbons (Fsp3) is 0.160. The Balaban J connectivity index is 0.000000136. The first-order chi connectivity index (χ1) is 55.0. The Hall–Kier alpha value is -12.7. The topological polar surface area (TPSA) is 286 Å². The van der Waals surface area contributed by atoms with Gasteiger partial charge < -0.3 is 29.4 Å². The number of carbonyl (C=O) groups is 3. The zero-order valence-electron chi connectivity index (χ0n) is 61.9. The van der Waals surface area contributed by atoms with Gasteiger partial charge in [0.15, 0.2) is 31.8 Å². The molecule has 34 heteroatoms. The molecule has 0 radical (unpaired) electrons. The van der Waals surface area contributed by atoms with Crippen molar-refractivity contribution in [2.75, 3.05) is 45.2 Å². The van der Waals surface area contributed by atoms with Crippen LogP contribution in [-0.4, -0.2) is 122 Å². The van der Waals surface area contributed by atoms with Crippen molar-refractivity contribution in [3.8, 4) is 44.5 Å². The Morgan fingerprint density at radius 3 is 1.54 bits per heavy atom. The zero-order chi connectivity index (χ0) is 81.6. The lowest BCUT2D eigenvalue weighted by Crippen LogP contribution is -2.40. The van der Waals surface area contributed by atoms with Gasteiger partial charge in [-0.05, 0) is 89.0 Å². The number of hydrogen-bond acceptors (Lipinski definition) is 16. The first-order valence-corrected chi connectivity index (χ1v) is 41.3. The van der Waals surface area contributed by atoms with Gasteiger partial charge in [-0.3, -0.25) is 41.5 Å². The van der Waals surface area contributed by atoms with Gasteiger partial charge in [0.25, 0.3) is 5.91 Å². The minimum atomic E-state index is -4.15. The summed E-state index contributed by atoms with van der Waals surface area (Å²) in [6, 6.07) is 41.6. The molecule has 2 atom stereocenters. The van der Waals surface area contributed by atoms with E-state index < -0.39 is 92.8 Å². The molecule has 8 heterocycles. The Labute approximate surface area is 660 Å². The fourth-order valence-corrected chi connectivity index (χ4v) is 17.5. The predicted octanol–water partition coefficient (Wildman–Crippen LogP) is 12.7. The number of para-hydroxylation sites is 3. The summed E-state index contributed by atoms with van der Waals surface area (Å²) in [7, 11) is -3.11. The van der Waals surface area contributed by atoms with Gasteiger partial charge in [-0.2, -0.15) is 20.4 Å². The highest BCUT2D eigenvalue weighted by molar-refractivity contribution is 7.92. The second-order valence-electron chi connectivity index (χ2n) is 26.6. The Morgan fingerprint density at radius 1 is 0.565 bits per heavy atom. The van der Waals surface area contributed by atoms with Crippen LogP contribution in [0.1, 0.15) is 32.7 Å². The number of sulfone groups is 2. The number of amides is 3. The average molecular weight is 1640 g/mol. The molecule has 3 amide bonds. The van der Waals surface area contributed by atoms with Crippen molar-refractivity contribution < 1.29 is 70.4 Å². The van der Waals surface area contributed by atoms with Crippen LogP contribution < -0.4 is 20.4 Å². The molecular formula is C81H70F6N14O10S4. The van der Waals surface area contributed by atoms with Crippen LogP contribution in [0.3, 0.4) is 0 Å². The average Bonchev–Trinajstić information content (AvgIpc) is 1.61. The molecule has 2 unspecified atom stereocenters. The number of anilines is 3. The van der Waals surface area contributed by atoms with Gasteiger partial charge in [0, 0.05) is 129 Å². The van der Waals surface area contributed by atoms with Crippen LogP contribution in [-0.2, 0) is 105 Å². The SMILES string of the molecule is Cn1cc(-c2ccc(CN3C(=O)CS(=O)(=O)c4ccccc43)c(F)c2)cn1.Cn1cc(-c2ccc(CN3C(=O)CS(=O)c4ccccc43)c(F)c2)cn1.Cn1cc(-c2ccc(CNc3ccccc3S(C)=O)c(F)c2)cn1.Cn1cc(-c2ccc(Cn3cc(S(=O)(=O)CCNC(=O)c4cocn4)c4c(F)cc(F)cc43)c(F)c2)cn1. The van der Waals surface area contributed by atoms with E-state index in [1.54, 1.807) is 162 Å². The van der Waals surface area contributed by atoms with Crippen molar-refractivity contribution in [2.24, 2.45) is 28.2 Å². The van der Waals surface area contributed by atoms with Crippen LogP contribution >= 0.6 is 0 Å². The molecule has 590 valence electrons. The van der Waals surface area contributed by atoms with E-state index in [0.29, 0.717) is 61.5 Å². The molecule has 2 aliphatic rings. The van der Waals surface area contributed by atoms with Crippen LogP contribution in [0.15, 0.2) is 250 Å². The molecule has 6 aromatic heterocycles. The third kappa shape index (κ3) is 18.5. The van der Waals surface area contributed by atoms with Gasteiger partial charge in [-0.15, -0.1) is 0 Å². The number of oxazole rings is 1. The van der Waals surface area contributed by atoms with Crippen molar-refractivity contribution >= 4 is 87.0 Å². The lowest BCUT2D eigenvalue weighted by molar-refractivity contribution is -0.117. The predicted molar refractivity (Wildman–Crippen MR) is 421 cm³/mol. The molecule has 8 aromatic carbocycles. The summed E-state index contributed by atoms with van der Waals surface area (Å²) < 4.78 is 175. The Bertz CT molecular complexity index is 6320. The zero-order valence-corrected chi connectivity index (χ0v) is 65.1. The van der Waals surface area contributed by atoms with Crippen LogP contribution in [0.2, 0.25) is 0 Å². The quantitative estimate of drug-likeness (QED) is 0.0711. The molecule has 0 spiro atoms. The van der Waals surface area contributed by atoms with Crippen LogP contribution in [0.4, 0.5) is 43.4 Å². The number of fused-ring (bicyclic) bond motifs is 3. The number of carbonyl (C=O) groups excluding carboxylic acids is 3. The van der Waals surface area contributed by atoms with Gasteiger partial charge in [-0.25, -0.2) is 48.2 Å². The first kappa shape index (κ1) is 80.4. The number of halogens is 6. The number of hydrogen-bond donors (Lipinski definition) is 2. The summed E-state index contributed by atoms with van der Waals surface area (Å²) in [5, 5.41) is 21.6. The number of aryl methyl sites for hydroxylation is 4. The van der Waals surface area contributed by atoms with E-state index in [4.69, 9.17) is 4.42 Å². The minimum Gasteiger partial charge on any atom is -0.451 e. The number of rotatable bonds is 19. The van der Waals surface area contributed by atoms with Crippen molar-refractivity contribution in [2.45, 2.75) is 45.8 Å². The molecule has 0 bridgehead atoms. The number of nitrogens with zero attached hydrogens (tertiary/aromatic N) is 12. The highest BCUT2D eigenvalue weighted by Crippen LogP contribution is 2.37. The van der Waals surface area contributed by atoms with Gasteiger partial charge in [0.2, 0.25) is 11.8 Å². The molecule has 0 saturated heterocycles. The molecule has 2 aliphatic heterocycles. The van der Waals surface area contributed by atoms with E-state index in [-0.39, 0.29) is 82.2 Å². The normalized spacial score (nSPS) is 13.9. The second kappa shape index (κ2) is 34.4. The Kier molecular flexibility index (Phi) is 24.0. The van der Waals surface area contributed by atoms with Gasteiger partial charge >= 0.3 is 0 Å². The smallest absolute Gasteiger partial charge is 0.273 e. The summed E-state index contributed by atoms with van der Waals surface area (Å²) in [6.07, 6.45) is 18.7. The van der Waals surface area contributed by atoms with E-state index in [1.165, 1.54) is 50.8 Å². The van der Waals surface area contributed by atoms with Crippen LogP contribution in [0, 0.1) is 34.9 Å². The van der Waals surface area contributed by atoms with Gasteiger partial charge in [0.05, 0.1) is 119 Å². The third-order valence-electron chi connectivity index (χ3n) is 18.6. The van der Waals surface area contributed by atoms with E-state index >= 15 is 4.39 Å². The first-order valence-electron chi connectivity index (χ1n) is 35.1. The monoisotopic (exact) mass is 1640 g/mol. The molecule has 2 N–H and O–H groups in total. The summed E-state index contributed by atoms with van der Waals surface area (Å²) in [5.41, 5.74) is 8.98. The van der Waals surface area contributed by atoms with Crippen molar-refractivity contribution in [3.63, 3.8) is 0 Å².